The summed E-state index contributed by atoms with van der Waals surface area (Å²) in [6.07, 6.45) is -2.71. The average molecular weight is 462 g/mol. The van der Waals surface area contributed by atoms with Gasteiger partial charge in [-0.15, -0.1) is 0 Å². The molecule has 32 heavy (non-hydrogen) atoms. The molecule has 3 aromatic rings. The van der Waals surface area contributed by atoms with E-state index in [2.05, 4.69) is 33.7 Å². The number of fused-ring (bicyclic) bond motifs is 1. The molecule has 1 aliphatic heterocycles. The Morgan fingerprint density at radius 2 is 1.88 bits per heavy atom. The Hall–Kier alpha value is -2.91. The first-order valence-electron chi connectivity index (χ1n) is 10.1. The minimum Gasteiger partial charge on any atom is -0.439 e. The number of rotatable bonds is 7. The lowest BCUT2D eigenvalue weighted by Crippen LogP contribution is -2.40. The van der Waals surface area contributed by atoms with Crippen molar-refractivity contribution < 1.29 is 22.1 Å². The summed E-state index contributed by atoms with van der Waals surface area (Å²) >= 11 is 0. The number of alkyl halides is 3. The summed E-state index contributed by atoms with van der Waals surface area (Å²) in [6.45, 7) is 3.59. The van der Waals surface area contributed by atoms with E-state index in [-0.39, 0.29) is 11.9 Å². The fourth-order valence-electron chi connectivity index (χ4n) is 3.57. The standard InChI is InChI=1S/C23H22F3N3O2S/c1-16(29-13-12-17-4-2-3-5-21(17)29)14-28-32(30)20-9-7-19(8-10-20)31-22-11-6-18(15-27-22)23(24,25)26/h2-11,15-16,28H,12-14H2,1H3. The molecule has 1 aromatic heterocycles. The average Bonchev–Trinajstić information content (AvgIpc) is 3.22. The predicted molar refractivity (Wildman–Crippen MR) is 117 cm³/mol. The Morgan fingerprint density at radius 1 is 1.12 bits per heavy atom. The molecule has 168 valence electrons. The van der Waals surface area contributed by atoms with Gasteiger partial charge in [0.15, 0.2) is 0 Å². The molecule has 2 heterocycles. The van der Waals surface area contributed by atoms with Crippen LogP contribution >= 0.6 is 0 Å². The number of anilines is 1. The number of nitrogens with zero attached hydrogens (tertiary/aromatic N) is 2. The first-order chi connectivity index (χ1) is 15.3. The van der Waals surface area contributed by atoms with E-state index in [0.29, 0.717) is 17.2 Å². The third kappa shape index (κ3) is 5.11. The van der Waals surface area contributed by atoms with Crippen molar-refractivity contribution >= 4 is 16.7 Å². The number of aromatic nitrogens is 1. The first-order valence-corrected chi connectivity index (χ1v) is 11.3. The van der Waals surface area contributed by atoms with Gasteiger partial charge in [0.1, 0.15) is 16.7 Å². The minimum atomic E-state index is -4.44. The van der Waals surface area contributed by atoms with Crippen LogP contribution in [0.3, 0.4) is 0 Å². The Kier molecular flexibility index (Phi) is 6.48. The van der Waals surface area contributed by atoms with Gasteiger partial charge in [-0.3, -0.25) is 0 Å². The number of nitrogens with one attached hydrogen (secondary N) is 1. The molecule has 0 bridgehead atoms. The fraction of sp³-hybridized carbons (Fsp3) is 0.261. The highest BCUT2D eigenvalue weighted by atomic mass is 32.2. The first kappa shape index (κ1) is 22.3. The normalized spacial score (nSPS) is 15.3. The topological polar surface area (TPSA) is 54.5 Å². The second kappa shape index (κ2) is 9.30. The van der Waals surface area contributed by atoms with Crippen LogP contribution in [-0.4, -0.2) is 28.3 Å². The molecule has 2 atom stereocenters. The Morgan fingerprint density at radius 3 is 2.56 bits per heavy atom. The van der Waals surface area contributed by atoms with E-state index in [1.54, 1.807) is 24.3 Å². The van der Waals surface area contributed by atoms with E-state index in [1.165, 1.54) is 11.3 Å². The van der Waals surface area contributed by atoms with Crippen molar-refractivity contribution in [1.29, 1.82) is 0 Å². The Bertz CT molecular complexity index is 1090. The summed E-state index contributed by atoms with van der Waals surface area (Å²) in [4.78, 5) is 6.57. The molecular formula is C23H22F3N3O2S. The zero-order valence-electron chi connectivity index (χ0n) is 17.3. The monoisotopic (exact) mass is 461 g/mol. The van der Waals surface area contributed by atoms with Gasteiger partial charge in [-0.2, -0.15) is 13.2 Å². The number of ether oxygens (including phenoxy) is 1. The van der Waals surface area contributed by atoms with Crippen LogP contribution in [-0.2, 0) is 23.6 Å². The highest BCUT2D eigenvalue weighted by molar-refractivity contribution is 7.83. The van der Waals surface area contributed by atoms with Crippen molar-refractivity contribution in [3.8, 4) is 11.6 Å². The summed E-state index contributed by atoms with van der Waals surface area (Å²) in [5.41, 5.74) is 1.72. The zero-order chi connectivity index (χ0) is 22.7. The molecule has 1 N–H and O–H groups in total. The van der Waals surface area contributed by atoms with Crippen LogP contribution in [0.1, 0.15) is 18.1 Å². The summed E-state index contributed by atoms with van der Waals surface area (Å²) in [5.74, 6) is 0.435. The van der Waals surface area contributed by atoms with Crippen molar-refractivity contribution in [3.05, 3.63) is 78.0 Å². The highest BCUT2D eigenvalue weighted by Crippen LogP contribution is 2.30. The second-order valence-corrected chi connectivity index (χ2v) is 8.79. The summed E-state index contributed by atoms with van der Waals surface area (Å²) < 4.78 is 59.0. The van der Waals surface area contributed by atoms with Crippen LogP contribution < -0.4 is 14.4 Å². The van der Waals surface area contributed by atoms with Gasteiger partial charge in [0.25, 0.3) is 0 Å². The molecule has 0 saturated carbocycles. The second-order valence-electron chi connectivity index (χ2n) is 7.49. The molecule has 0 fully saturated rings. The smallest absolute Gasteiger partial charge is 0.417 e. The van der Waals surface area contributed by atoms with Gasteiger partial charge in [0.2, 0.25) is 5.88 Å². The van der Waals surface area contributed by atoms with Crippen molar-refractivity contribution in [2.75, 3.05) is 18.0 Å². The van der Waals surface area contributed by atoms with E-state index in [0.717, 1.165) is 31.3 Å². The van der Waals surface area contributed by atoms with Crippen LogP contribution in [0.25, 0.3) is 0 Å². The number of benzene rings is 2. The van der Waals surface area contributed by atoms with Crippen LogP contribution in [0.2, 0.25) is 0 Å². The maximum absolute atomic E-state index is 12.6. The maximum atomic E-state index is 12.6. The lowest BCUT2D eigenvalue weighted by molar-refractivity contribution is -0.137. The number of pyridine rings is 1. The Labute approximate surface area is 186 Å². The molecule has 0 aliphatic carbocycles. The van der Waals surface area contributed by atoms with Crippen molar-refractivity contribution in [3.63, 3.8) is 0 Å². The van der Waals surface area contributed by atoms with Gasteiger partial charge in [-0.25, -0.2) is 13.9 Å². The number of para-hydroxylation sites is 1. The zero-order valence-corrected chi connectivity index (χ0v) is 18.1. The van der Waals surface area contributed by atoms with Gasteiger partial charge in [-0.1, -0.05) is 18.2 Å². The molecule has 0 spiro atoms. The van der Waals surface area contributed by atoms with E-state index >= 15 is 0 Å². The van der Waals surface area contributed by atoms with Crippen LogP contribution in [0.4, 0.5) is 18.9 Å². The summed E-state index contributed by atoms with van der Waals surface area (Å²) in [7, 11) is -1.40. The van der Waals surface area contributed by atoms with Crippen LogP contribution in [0.5, 0.6) is 11.6 Å². The van der Waals surface area contributed by atoms with Gasteiger partial charge in [0.05, 0.1) is 10.5 Å². The maximum Gasteiger partial charge on any atom is 0.417 e. The van der Waals surface area contributed by atoms with Crippen molar-refractivity contribution in [2.24, 2.45) is 0 Å². The molecule has 4 rings (SSSR count). The lowest BCUT2D eigenvalue weighted by atomic mass is 10.2. The van der Waals surface area contributed by atoms with E-state index < -0.39 is 22.7 Å². The van der Waals surface area contributed by atoms with Gasteiger partial charge in [0, 0.05) is 37.1 Å². The summed E-state index contributed by atoms with van der Waals surface area (Å²) in [6, 6.07) is 17.1. The number of halogens is 3. The minimum absolute atomic E-state index is 0.0460. The van der Waals surface area contributed by atoms with Gasteiger partial charge < -0.3 is 9.64 Å². The molecule has 0 radical (unpaired) electrons. The molecule has 9 heteroatoms. The van der Waals surface area contributed by atoms with Crippen molar-refractivity contribution in [1.82, 2.24) is 9.71 Å². The van der Waals surface area contributed by atoms with Gasteiger partial charge >= 0.3 is 6.18 Å². The summed E-state index contributed by atoms with van der Waals surface area (Å²) in [5, 5.41) is 0. The van der Waals surface area contributed by atoms with Crippen LogP contribution in [0.15, 0.2) is 71.8 Å². The quantitative estimate of drug-likeness (QED) is 0.541. The molecule has 5 nitrogen and oxygen atoms in total. The molecule has 0 saturated heterocycles. The molecule has 1 aliphatic rings. The third-order valence-corrected chi connectivity index (χ3v) is 6.42. The highest BCUT2D eigenvalue weighted by Gasteiger charge is 2.30. The van der Waals surface area contributed by atoms with Gasteiger partial charge in [-0.05, 0) is 55.3 Å². The molecule has 0 amide bonds. The SMILES string of the molecule is CC(CNS(=O)c1ccc(Oc2ccc(C(F)(F)F)cn2)cc1)N1CCc2ccccc21. The number of hydrogen-bond acceptors (Lipinski definition) is 4. The van der Waals surface area contributed by atoms with Crippen molar-refractivity contribution in [2.45, 2.75) is 30.5 Å². The lowest BCUT2D eigenvalue weighted by Gasteiger charge is -2.27. The largest absolute Gasteiger partial charge is 0.439 e. The van der Waals surface area contributed by atoms with E-state index in [4.69, 9.17) is 4.74 Å². The van der Waals surface area contributed by atoms with Crippen LogP contribution in [0, 0.1) is 0 Å². The third-order valence-electron chi connectivity index (χ3n) is 5.29. The van der Waals surface area contributed by atoms with E-state index in [1.807, 2.05) is 12.1 Å². The molecule has 2 aromatic carbocycles. The molecule has 2 unspecified atom stereocenters. The Balaban J connectivity index is 1.31. The number of hydrogen-bond donors (Lipinski definition) is 1. The predicted octanol–water partition coefficient (Wildman–Crippen LogP) is 4.96. The molecular weight excluding hydrogens is 439 g/mol. The van der Waals surface area contributed by atoms with E-state index in [9.17, 15) is 17.4 Å². The fourth-order valence-corrected chi connectivity index (χ4v) is 4.51.